The average Bonchev–Trinajstić information content (AvgIpc) is 2.77. The van der Waals surface area contributed by atoms with Gasteiger partial charge < -0.3 is 20.5 Å². The Morgan fingerprint density at radius 1 is 1.07 bits per heavy atom. The Morgan fingerprint density at radius 3 is 2.56 bits per heavy atom. The number of aromatic hydroxyl groups is 1. The summed E-state index contributed by atoms with van der Waals surface area (Å²) in [6, 6.07) is 12.8. The summed E-state index contributed by atoms with van der Waals surface area (Å²) in [5.74, 6) is 0.549. The normalized spacial score (nSPS) is 20.7. The van der Waals surface area contributed by atoms with E-state index in [2.05, 4.69) is 24.5 Å². The Morgan fingerprint density at radius 2 is 1.81 bits per heavy atom. The minimum Gasteiger partial charge on any atom is -0.504 e. The van der Waals surface area contributed by atoms with Crippen molar-refractivity contribution in [3.8, 4) is 11.5 Å². The molecule has 0 saturated carbocycles. The van der Waals surface area contributed by atoms with Crippen molar-refractivity contribution in [2.45, 2.75) is 32.7 Å². The average molecular weight is 364 g/mol. The maximum Gasteiger partial charge on any atom is 0.163 e. The van der Waals surface area contributed by atoms with Gasteiger partial charge in [0.1, 0.15) is 0 Å². The van der Waals surface area contributed by atoms with Crippen LogP contribution in [0.15, 0.2) is 53.7 Å². The highest BCUT2D eigenvalue weighted by Gasteiger charge is 2.39. The van der Waals surface area contributed by atoms with Crippen molar-refractivity contribution in [3.63, 3.8) is 0 Å². The smallest absolute Gasteiger partial charge is 0.163 e. The van der Waals surface area contributed by atoms with Crippen LogP contribution in [0.3, 0.4) is 0 Å². The lowest BCUT2D eigenvalue weighted by molar-refractivity contribution is -0.118. The highest BCUT2D eigenvalue weighted by Crippen LogP contribution is 2.47. The van der Waals surface area contributed by atoms with E-state index in [0.717, 1.165) is 23.5 Å². The maximum absolute atomic E-state index is 13.1. The quantitative estimate of drug-likeness (QED) is 0.725. The van der Waals surface area contributed by atoms with Crippen molar-refractivity contribution >= 4 is 17.2 Å². The number of phenolic OH excluding ortho intramolecular Hbond substituents is 1. The van der Waals surface area contributed by atoms with Crippen LogP contribution < -0.4 is 15.4 Å². The third-order valence-corrected chi connectivity index (χ3v) is 5.28. The molecule has 5 nitrogen and oxygen atoms in total. The molecule has 0 aromatic heterocycles. The number of methoxy groups -OCH3 is 1. The predicted molar refractivity (Wildman–Crippen MR) is 106 cm³/mol. The second-order valence-corrected chi connectivity index (χ2v) is 7.98. The van der Waals surface area contributed by atoms with Gasteiger partial charge in [-0.25, -0.2) is 0 Å². The van der Waals surface area contributed by atoms with E-state index < -0.39 is 6.04 Å². The van der Waals surface area contributed by atoms with Crippen LogP contribution in [0.4, 0.5) is 11.4 Å². The molecule has 0 spiro atoms. The molecule has 2 aromatic rings. The summed E-state index contributed by atoms with van der Waals surface area (Å²) in [4.78, 5) is 13.1. The monoisotopic (exact) mass is 364 g/mol. The number of benzene rings is 2. The van der Waals surface area contributed by atoms with E-state index in [4.69, 9.17) is 4.74 Å². The van der Waals surface area contributed by atoms with Crippen LogP contribution in [0.5, 0.6) is 11.5 Å². The molecule has 5 heteroatoms. The number of anilines is 2. The number of fused-ring (bicyclic) bond motifs is 1. The van der Waals surface area contributed by atoms with Gasteiger partial charge in [-0.15, -0.1) is 0 Å². The van der Waals surface area contributed by atoms with Gasteiger partial charge in [0.25, 0.3) is 0 Å². The highest BCUT2D eigenvalue weighted by atomic mass is 16.5. The molecular weight excluding hydrogens is 340 g/mol. The first kappa shape index (κ1) is 17.5. The van der Waals surface area contributed by atoms with Gasteiger partial charge in [-0.3, -0.25) is 4.79 Å². The molecule has 1 heterocycles. The minimum atomic E-state index is -0.449. The zero-order valence-electron chi connectivity index (χ0n) is 15.8. The molecule has 1 aliphatic heterocycles. The van der Waals surface area contributed by atoms with Gasteiger partial charge in [-0.05, 0) is 30.0 Å². The van der Waals surface area contributed by atoms with Crippen molar-refractivity contribution in [3.05, 3.63) is 59.3 Å². The lowest BCUT2D eigenvalue weighted by Gasteiger charge is -2.34. The van der Waals surface area contributed by atoms with Gasteiger partial charge >= 0.3 is 0 Å². The zero-order chi connectivity index (χ0) is 19.2. The fourth-order valence-electron chi connectivity index (χ4n) is 4.06. The predicted octanol–water partition coefficient (Wildman–Crippen LogP) is 4.62. The first-order chi connectivity index (χ1) is 12.9. The number of phenols is 1. The number of hydrogen-bond donors (Lipinski definition) is 3. The molecule has 3 N–H and O–H groups in total. The van der Waals surface area contributed by atoms with Gasteiger partial charge in [0, 0.05) is 23.3 Å². The number of ether oxygens (including phenoxy) is 1. The molecule has 0 bridgehead atoms. The van der Waals surface area contributed by atoms with Crippen LogP contribution >= 0.6 is 0 Å². The fraction of sp³-hybridized carbons (Fsp3) is 0.318. The van der Waals surface area contributed by atoms with Gasteiger partial charge in [0.15, 0.2) is 17.3 Å². The molecule has 1 aliphatic carbocycles. The first-order valence-corrected chi connectivity index (χ1v) is 9.14. The van der Waals surface area contributed by atoms with Crippen molar-refractivity contribution < 1.29 is 14.6 Å². The van der Waals surface area contributed by atoms with E-state index in [1.807, 2.05) is 36.4 Å². The number of ketones is 1. The molecule has 27 heavy (non-hydrogen) atoms. The Balaban J connectivity index is 1.92. The van der Waals surface area contributed by atoms with E-state index in [1.54, 1.807) is 6.07 Å². The van der Waals surface area contributed by atoms with Crippen molar-refractivity contribution in [1.29, 1.82) is 0 Å². The second kappa shape index (κ2) is 6.34. The molecule has 0 fully saturated rings. The summed E-state index contributed by atoms with van der Waals surface area (Å²) in [6.07, 6.45) is 1.25. The van der Waals surface area contributed by atoms with E-state index >= 15 is 0 Å². The molecular formula is C22H24N2O3. The summed E-state index contributed by atoms with van der Waals surface area (Å²) < 4.78 is 5.28. The van der Waals surface area contributed by atoms with Crippen molar-refractivity contribution in [2.24, 2.45) is 5.41 Å². The number of Topliss-reactive ketones (excluding diaryl/α,β-unsaturated/α-hetero) is 1. The summed E-state index contributed by atoms with van der Waals surface area (Å²) in [7, 11) is 1.52. The Labute approximate surface area is 159 Å². The second-order valence-electron chi connectivity index (χ2n) is 7.98. The first-order valence-electron chi connectivity index (χ1n) is 9.14. The van der Waals surface area contributed by atoms with Gasteiger partial charge in [-0.2, -0.15) is 0 Å². The molecule has 2 aromatic carbocycles. The van der Waals surface area contributed by atoms with Crippen molar-refractivity contribution in [1.82, 2.24) is 0 Å². The third-order valence-electron chi connectivity index (χ3n) is 5.28. The number of hydrogen-bond acceptors (Lipinski definition) is 5. The Kier molecular flexibility index (Phi) is 4.10. The number of carbonyl (C=O) groups is 1. The molecule has 4 rings (SSSR count). The largest absolute Gasteiger partial charge is 0.504 e. The molecule has 0 radical (unpaired) electrons. The van der Waals surface area contributed by atoms with Crippen LogP contribution in [0, 0.1) is 5.41 Å². The third kappa shape index (κ3) is 3.03. The molecule has 140 valence electrons. The summed E-state index contributed by atoms with van der Waals surface area (Å²) >= 11 is 0. The lowest BCUT2D eigenvalue weighted by atomic mass is 9.73. The molecule has 1 atom stereocenters. The zero-order valence-corrected chi connectivity index (χ0v) is 15.8. The van der Waals surface area contributed by atoms with Crippen LogP contribution in [0.1, 0.15) is 38.3 Å². The number of carbonyl (C=O) groups excluding carboxylic acids is 1. The number of nitrogens with one attached hydrogen (secondary N) is 2. The topological polar surface area (TPSA) is 70.6 Å². The van der Waals surface area contributed by atoms with Gasteiger partial charge in [-0.1, -0.05) is 38.1 Å². The standard InChI is InChI=1S/C22H24N2O3/c1-22(2)11-16-19(17(25)12-22)20(13-7-6-10-18(27-3)21(13)26)24-15-9-5-4-8-14(15)23-16/h4-10,20,23-24,26H,11-12H2,1-3H3/t20-/m0/s1. The maximum atomic E-state index is 13.1. The van der Waals surface area contributed by atoms with E-state index in [1.165, 1.54) is 7.11 Å². The highest BCUT2D eigenvalue weighted by molar-refractivity contribution is 6.01. The number of rotatable bonds is 2. The number of allylic oxidation sites excluding steroid dienone is 1. The van der Waals surface area contributed by atoms with Gasteiger partial charge in [0.2, 0.25) is 0 Å². The molecule has 0 unspecified atom stereocenters. The summed E-state index contributed by atoms with van der Waals surface area (Å²) in [6.45, 7) is 4.22. The lowest BCUT2D eigenvalue weighted by Crippen LogP contribution is -2.31. The SMILES string of the molecule is COc1cccc([C@@H]2Nc3ccccc3NC3=C2C(=O)CC(C)(C)C3)c1O. The van der Waals surface area contributed by atoms with Crippen LogP contribution in [-0.2, 0) is 4.79 Å². The van der Waals surface area contributed by atoms with E-state index in [0.29, 0.717) is 23.3 Å². The van der Waals surface area contributed by atoms with Crippen LogP contribution in [0.2, 0.25) is 0 Å². The van der Waals surface area contributed by atoms with Crippen LogP contribution in [0.25, 0.3) is 0 Å². The fourth-order valence-corrected chi connectivity index (χ4v) is 4.06. The molecule has 2 aliphatic rings. The van der Waals surface area contributed by atoms with Gasteiger partial charge in [0.05, 0.1) is 24.5 Å². The summed E-state index contributed by atoms with van der Waals surface area (Å²) in [5, 5.41) is 17.7. The molecule has 0 saturated heterocycles. The molecule has 0 amide bonds. The van der Waals surface area contributed by atoms with E-state index in [-0.39, 0.29) is 16.9 Å². The van der Waals surface area contributed by atoms with E-state index in [9.17, 15) is 9.90 Å². The van der Waals surface area contributed by atoms with Crippen molar-refractivity contribution in [2.75, 3.05) is 17.7 Å². The Hall–Kier alpha value is -2.95. The van der Waals surface area contributed by atoms with Crippen LogP contribution in [-0.4, -0.2) is 18.0 Å². The minimum absolute atomic E-state index is 0.0568. The summed E-state index contributed by atoms with van der Waals surface area (Å²) in [5.41, 5.74) is 3.96. The Bertz CT molecular complexity index is 946. The number of para-hydroxylation sites is 3.